The lowest BCUT2D eigenvalue weighted by Gasteiger charge is -2.25. The number of hydrogen-bond acceptors (Lipinski definition) is 1. The molecule has 86 valence electrons. The largest absolute Gasteiger partial charge is 0.418 e. The molecule has 0 radical (unpaired) electrons. The second-order valence-electron chi connectivity index (χ2n) is 5.77. The first-order valence-corrected chi connectivity index (χ1v) is 9.54. The molecule has 3 unspecified atom stereocenters. The zero-order valence-electron chi connectivity index (χ0n) is 10.3. The summed E-state index contributed by atoms with van der Waals surface area (Å²) in [5, 5.41) is 0. The van der Waals surface area contributed by atoms with Crippen LogP contribution in [-0.2, 0) is 4.43 Å². The Morgan fingerprint density at radius 3 is 2.60 bits per heavy atom. The van der Waals surface area contributed by atoms with Crippen LogP contribution in [0.2, 0.25) is 19.1 Å². The van der Waals surface area contributed by atoms with Crippen LogP contribution < -0.4 is 0 Å². The van der Waals surface area contributed by atoms with E-state index < -0.39 is 8.32 Å². The van der Waals surface area contributed by atoms with E-state index in [2.05, 4.69) is 32.2 Å². The first-order chi connectivity index (χ1) is 7.11. The first-order valence-electron chi connectivity index (χ1n) is 6.43. The van der Waals surface area contributed by atoms with Gasteiger partial charge in [0.05, 0.1) is 0 Å². The standard InChI is InChI=1S/C13H24OSi/c1-4-14-15(2,3)8-7-13-10-11-5-6-12(13)9-11/h5-6,11-13H,4,7-10H2,1-3H3. The van der Waals surface area contributed by atoms with Gasteiger partial charge in [-0.15, -0.1) is 0 Å². The van der Waals surface area contributed by atoms with Crippen LogP contribution in [0.4, 0.5) is 0 Å². The van der Waals surface area contributed by atoms with E-state index in [0.29, 0.717) is 0 Å². The summed E-state index contributed by atoms with van der Waals surface area (Å²) >= 11 is 0. The average Bonchev–Trinajstić information content (AvgIpc) is 2.75. The summed E-state index contributed by atoms with van der Waals surface area (Å²) in [6.45, 7) is 7.74. The van der Waals surface area contributed by atoms with Crippen LogP contribution in [0, 0.1) is 17.8 Å². The summed E-state index contributed by atoms with van der Waals surface area (Å²) in [7, 11) is -1.32. The maximum absolute atomic E-state index is 5.89. The van der Waals surface area contributed by atoms with Gasteiger partial charge in [0.25, 0.3) is 0 Å². The van der Waals surface area contributed by atoms with E-state index in [-0.39, 0.29) is 0 Å². The lowest BCUT2D eigenvalue weighted by molar-refractivity contribution is 0.321. The van der Waals surface area contributed by atoms with E-state index in [1.165, 1.54) is 25.3 Å². The number of fused-ring (bicyclic) bond motifs is 2. The predicted molar refractivity (Wildman–Crippen MR) is 67.4 cm³/mol. The van der Waals surface area contributed by atoms with Crippen molar-refractivity contribution in [3.63, 3.8) is 0 Å². The molecule has 0 aromatic carbocycles. The predicted octanol–water partition coefficient (Wildman–Crippen LogP) is 3.83. The highest BCUT2D eigenvalue weighted by Crippen LogP contribution is 2.45. The number of allylic oxidation sites excluding steroid dienone is 2. The van der Waals surface area contributed by atoms with Gasteiger partial charge in [-0.25, -0.2) is 0 Å². The second-order valence-corrected chi connectivity index (χ2v) is 10.1. The fourth-order valence-corrected chi connectivity index (χ4v) is 5.21. The van der Waals surface area contributed by atoms with E-state index in [4.69, 9.17) is 4.43 Å². The van der Waals surface area contributed by atoms with Crippen molar-refractivity contribution in [3.8, 4) is 0 Å². The maximum Gasteiger partial charge on any atom is 0.186 e. The molecule has 2 aliphatic rings. The number of hydrogen-bond donors (Lipinski definition) is 0. The highest BCUT2D eigenvalue weighted by atomic mass is 28.4. The molecule has 15 heavy (non-hydrogen) atoms. The van der Waals surface area contributed by atoms with Gasteiger partial charge in [-0.1, -0.05) is 18.6 Å². The molecule has 0 aliphatic heterocycles. The molecule has 0 amide bonds. The molecule has 2 rings (SSSR count). The molecule has 2 heteroatoms. The molecule has 2 aliphatic carbocycles. The zero-order valence-corrected chi connectivity index (χ0v) is 11.3. The Morgan fingerprint density at radius 2 is 2.07 bits per heavy atom. The molecule has 0 N–H and O–H groups in total. The van der Waals surface area contributed by atoms with Crippen molar-refractivity contribution in [3.05, 3.63) is 12.2 Å². The minimum Gasteiger partial charge on any atom is -0.418 e. The number of rotatable bonds is 5. The highest BCUT2D eigenvalue weighted by Gasteiger charge is 2.36. The van der Waals surface area contributed by atoms with Crippen LogP contribution in [0.5, 0.6) is 0 Å². The van der Waals surface area contributed by atoms with Crippen LogP contribution in [0.3, 0.4) is 0 Å². The summed E-state index contributed by atoms with van der Waals surface area (Å²) < 4.78 is 5.89. The molecule has 1 fully saturated rings. The Morgan fingerprint density at radius 1 is 1.27 bits per heavy atom. The van der Waals surface area contributed by atoms with Crippen molar-refractivity contribution in [2.24, 2.45) is 17.8 Å². The Hall–Kier alpha value is -0.0831. The van der Waals surface area contributed by atoms with E-state index in [0.717, 1.165) is 24.4 Å². The van der Waals surface area contributed by atoms with E-state index in [9.17, 15) is 0 Å². The molecule has 0 heterocycles. The Balaban J connectivity index is 1.77. The zero-order chi connectivity index (χ0) is 10.9. The third-order valence-corrected chi connectivity index (χ3v) is 6.63. The molecule has 1 nitrogen and oxygen atoms in total. The molecule has 1 saturated carbocycles. The van der Waals surface area contributed by atoms with Gasteiger partial charge in [0.15, 0.2) is 8.32 Å². The van der Waals surface area contributed by atoms with E-state index >= 15 is 0 Å². The van der Waals surface area contributed by atoms with Crippen molar-refractivity contribution in [2.75, 3.05) is 6.61 Å². The summed E-state index contributed by atoms with van der Waals surface area (Å²) in [6, 6.07) is 1.35. The minimum absolute atomic E-state index is 0.899. The fraction of sp³-hybridized carbons (Fsp3) is 0.846. The van der Waals surface area contributed by atoms with Crippen molar-refractivity contribution in [1.29, 1.82) is 0 Å². The van der Waals surface area contributed by atoms with Crippen molar-refractivity contribution < 1.29 is 4.43 Å². The van der Waals surface area contributed by atoms with Crippen LogP contribution >= 0.6 is 0 Å². The molecular weight excluding hydrogens is 200 g/mol. The van der Waals surface area contributed by atoms with Gasteiger partial charge in [0.2, 0.25) is 0 Å². The third-order valence-electron chi connectivity index (χ3n) is 4.07. The van der Waals surface area contributed by atoms with Gasteiger partial charge in [-0.3, -0.25) is 0 Å². The average molecular weight is 224 g/mol. The summed E-state index contributed by atoms with van der Waals surface area (Å²) in [6.07, 6.45) is 9.21. The summed E-state index contributed by atoms with van der Waals surface area (Å²) in [5.41, 5.74) is 0. The van der Waals surface area contributed by atoms with Crippen LogP contribution in [-0.4, -0.2) is 14.9 Å². The normalized spacial score (nSPS) is 33.9. The topological polar surface area (TPSA) is 9.23 Å². The van der Waals surface area contributed by atoms with Gasteiger partial charge < -0.3 is 4.43 Å². The third kappa shape index (κ3) is 2.73. The molecule has 0 aromatic rings. The molecule has 0 saturated heterocycles. The highest BCUT2D eigenvalue weighted by molar-refractivity contribution is 6.71. The van der Waals surface area contributed by atoms with Gasteiger partial charge in [0.1, 0.15) is 0 Å². The Labute approximate surface area is 95.0 Å². The van der Waals surface area contributed by atoms with Crippen molar-refractivity contribution in [1.82, 2.24) is 0 Å². The van der Waals surface area contributed by atoms with Gasteiger partial charge in [0, 0.05) is 6.61 Å². The fourth-order valence-electron chi connectivity index (χ4n) is 3.22. The molecule has 0 spiro atoms. The van der Waals surface area contributed by atoms with Gasteiger partial charge >= 0.3 is 0 Å². The lowest BCUT2D eigenvalue weighted by Crippen LogP contribution is -2.31. The van der Waals surface area contributed by atoms with Crippen LogP contribution in [0.25, 0.3) is 0 Å². The van der Waals surface area contributed by atoms with Crippen LogP contribution in [0.15, 0.2) is 12.2 Å². The first kappa shape index (κ1) is 11.4. The molecule has 2 bridgehead atoms. The van der Waals surface area contributed by atoms with E-state index in [1.807, 2.05) is 0 Å². The maximum atomic E-state index is 5.89. The monoisotopic (exact) mass is 224 g/mol. The van der Waals surface area contributed by atoms with Crippen LogP contribution in [0.1, 0.15) is 26.2 Å². The quantitative estimate of drug-likeness (QED) is 0.509. The molecule has 0 aromatic heterocycles. The Bertz CT molecular complexity index is 247. The van der Waals surface area contributed by atoms with Gasteiger partial charge in [-0.05, 0) is 56.7 Å². The SMILES string of the molecule is CCO[Si](C)(C)CCC1CC2C=CC1C2. The second kappa shape index (κ2) is 4.42. The molecule has 3 atom stereocenters. The Kier molecular flexibility index (Phi) is 3.36. The van der Waals surface area contributed by atoms with Gasteiger partial charge in [-0.2, -0.15) is 0 Å². The summed E-state index contributed by atoms with van der Waals surface area (Å²) in [4.78, 5) is 0. The smallest absolute Gasteiger partial charge is 0.186 e. The molecular formula is C13H24OSi. The minimum atomic E-state index is -1.32. The summed E-state index contributed by atoms with van der Waals surface area (Å²) in [5.74, 6) is 2.82. The van der Waals surface area contributed by atoms with E-state index in [1.54, 1.807) is 0 Å². The van der Waals surface area contributed by atoms with Crippen molar-refractivity contribution in [2.45, 2.75) is 45.3 Å². The lowest BCUT2D eigenvalue weighted by atomic mass is 9.91. The van der Waals surface area contributed by atoms with Crippen molar-refractivity contribution >= 4 is 8.32 Å².